The van der Waals surface area contributed by atoms with Gasteiger partial charge in [0.1, 0.15) is 0 Å². The van der Waals surface area contributed by atoms with Crippen LogP contribution in [0.3, 0.4) is 0 Å². The molecule has 0 radical (unpaired) electrons. The van der Waals surface area contributed by atoms with Crippen molar-refractivity contribution in [2.45, 2.75) is 20.3 Å². The fourth-order valence-corrected chi connectivity index (χ4v) is 1.16. The zero-order chi connectivity index (χ0) is 10.4. The fraction of sp³-hybridized carbons (Fsp3) is 0.385. The topological polar surface area (TPSA) is 12.0 Å². The van der Waals surface area contributed by atoms with Crippen LogP contribution in [0, 0.1) is 18.3 Å². The third-order valence-corrected chi connectivity index (χ3v) is 2.38. The summed E-state index contributed by atoms with van der Waals surface area (Å²) in [5, 5.41) is 3.37. The van der Waals surface area contributed by atoms with E-state index in [0.717, 1.165) is 17.8 Å². The average molecular weight is 187 g/mol. The molecule has 0 aliphatic rings. The monoisotopic (exact) mass is 187 g/mol. The molecule has 0 aliphatic heterocycles. The van der Waals surface area contributed by atoms with E-state index < -0.39 is 0 Å². The normalized spacial score (nSPS) is 11.8. The Morgan fingerprint density at radius 2 is 2.29 bits per heavy atom. The van der Waals surface area contributed by atoms with Crippen molar-refractivity contribution in [2.24, 2.45) is 5.92 Å². The summed E-state index contributed by atoms with van der Waals surface area (Å²) in [5.74, 6) is 3.33. The molecule has 0 unspecified atom stereocenters. The van der Waals surface area contributed by atoms with Crippen LogP contribution in [0.4, 0.5) is 5.69 Å². The lowest BCUT2D eigenvalue weighted by atomic mass is 10.1. The van der Waals surface area contributed by atoms with Gasteiger partial charge in [-0.05, 0) is 24.1 Å². The van der Waals surface area contributed by atoms with Crippen LogP contribution < -0.4 is 5.32 Å². The van der Waals surface area contributed by atoms with Crippen LogP contribution in [0.15, 0.2) is 24.3 Å². The van der Waals surface area contributed by atoms with Crippen LogP contribution in [0.2, 0.25) is 0 Å². The molecule has 0 aliphatic carbocycles. The van der Waals surface area contributed by atoms with Gasteiger partial charge in [0.25, 0.3) is 0 Å². The van der Waals surface area contributed by atoms with Gasteiger partial charge in [-0.1, -0.05) is 32.3 Å². The third kappa shape index (κ3) is 3.14. The Morgan fingerprint density at radius 3 is 2.93 bits per heavy atom. The van der Waals surface area contributed by atoms with E-state index in [2.05, 4.69) is 25.1 Å². The smallest absolute Gasteiger partial charge is 0.0352 e. The van der Waals surface area contributed by atoms with Crippen molar-refractivity contribution in [1.82, 2.24) is 0 Å². The number of anilines is 1. The van der Waals surface area contributed by atoms with Gasteiger partial charge in [0.15, 0.2) is 0 Å². The molecule has 0 spiro atoms. The predicted octanol–water partition coefficient (Wildman–Crippen LogP) is 3.13. The highest BCUT2D eigenvalue weighted by Crippen LogP contribution is 2.11. The third-order valence-electron chi connectivity index (χ3n) is 2.38. The van der Waals surface area contributed by atoms with E-state index >= 15 is 0 Å². The van der Waals surface area contributed by atoms with Gasteiger partial charge < -0.3 is 5.32 Å². The molecule has 14 heavy (non-hydrogen) atoms. The Morgan fingerprint density at radius 1 is 1.50 bits per heavy atom. The van der Waals surface area contributed by atoms with Crippen LogP contribution in [0.1, 0.15) is 25.8 Å². The first-order chi connectivity index (χ1) is 6.76. The average Bonchev–Trinajstić information content (AvgIpc) is 2.26. The summed E-state index contributed by atoms with van der Waals surface area (Å²) >= 11 is 0. The molecule has 1 atom stereocenters. The lowest BCUT2D eigenvalue weighted by molar-refractivity contribution is 0.593. The standard InChI is InChI=1S/C13H17N/c1-4-11(3)10-14-13-8-6-7-12(5-2)9-13/h2,6-9,11,14H,4,10H2,1,3H3/t11-/m1/s1. The quantitative estimate of drug-likeness (QED) is 0.714. The van der Waals surface area contributed by atoms with E-state index in [4.69, 9.17) is 6.42 Å². The highest BCUT2D eigenvalue weighted by Gasteiger charge is 1.98. The Balaban J connectivity index is 2.55. The van der Waals surface area contributed by atoms with E-state index in [0.29, 0.717) is 5.92 Å². The van der Waals surface area contributed by atoms with Gasteiger partial charge in [0.05, 0.1) is 0 Å². The molecule has 0 heterocycles. The Kier molecular flexibility index (Phi) is 4.07. The first kappa shape index (κ1) is 10.7. The summed E-state index contributed by atoms with van der Waals surface area (Å²) in [6.07, 6.45) is 6.52. The minimum atomic E-state index is 0.699. The lowest BCUT2D eigenvalue weighted by Gasteiger charge is -2.11. The maximum Gasteiger partial charge on any atom is 0.0352 e. The van der Waals surface area contributed by atoms with Gasteiger partial charge >= 0.3 is 0 Å². The Labute approximate surface area is 86.5 Å². The van der Waals surface area contributed by atoms with Crippen LogP contribution in [0.25, 0.3) is 0 Å². The molecule has 1 aromatic carbocycles. The van der Waals surface area contributed by atoms with E-state index in [9.17, 15) is 0 Å². The molecule has 1 heteroatoms. The number of hydrogen-bond donors (Lipinski definition) is 1. The summed E-state index contributed by atoms with van der Waals surface area (Å²) in [6, 6.07) is 7.97. The zero-order valence-electron chi connectivity index (χ0n) is 8.88. The maximum absolute atomic E-state index is 5.32. The number of hydrogen-bond acceptors (Lipinski definition) is 1. The van der Waals surface area contributed by atoms with E-state index in [-0.39, 0.29) is 0 Å². The first-order valence-corrected chi connectivity index (χ1v) is 5.06. The van der Waals surface area contributed by atoms with Crippen LogP contribution in [0.5, 0.6) is 0 Å². The Hall–Kier alpha value is -1.42. The SMILES string of the molecule is C#Cc1cccc(NC[C@H](C)CC)c1. The van der Waals surface area contributed by atoms with Crippen molar-refractivity contribution in [3.8, 4) is 12.3 Å². The largest absolute Gasteiger partial charge is 0.385 e. The molecule has 1 aromatic rings. The van der Waals surface area contributed by atoms with Crippen molar-refractivity contribution in [2.75, 3.05) is 11.9 Å². The summed E-state index contributed by atoms with van der Waals surface area (Å²) in [6.45, 7) is 5.44. The summed E-state index contributed by atoms with van der Waals surface area (Å²) in [7, 11) is 0. The van der Waals surface area contributed by atoms with Crippen LogP contribution >= 0.6 is 0 Å². The molecular formula is C13H17N. The highest BCUT2D eigenvalue weighted by atomic mass is 14.9. The summed E-state index contributed by atoms with van der Waals surface area (Å²) < 4.78 is 0. The number of benzene rings is 1. The van der Waals surface area contributed by atoms with Crippen LogP contribution in [-0.4, -0.2) is 6.54 Å². The maximum atomic E-state index is 5.32. The molecule has 0 saturated carbocycles. The minimum Gasteiger partial charge on any atom is -0.385 e. The number of nitrogens with one attached hydrogen (secondary N) is 1. The second kappa shape index (κ2) is 5.34. The molecule has 0 saturated heterocycles. The molecule has 0 amide bonds. The molecule has 0 aromatic heterocycles. The molecule has 0 fully saturated rings. The summed E-state index contributed by atoms with van der Waals surface area (Å²) in [4.78, 5) is 0. The molecule has 1 rings (SSSR count). The van der Waals surface area contributed by atoms with E-state index in [1.807, 2.05) is 24.3 Å². The van der Waals surface area contributed by atoms with Gasteiger partial charge in [-0.15, -0.1) is 6.42 Å². The van der Waals surface area contributed by atoms with Crippen molar-refractivity contribution in [3.05, 3.63) is 29.8 Å². The highest BCUT2D eigenvalue weighted by molar-refractivity contribution is 5.49. The van der Waals surface area contributed by atoms with Gasteiger partial charge in [-0.2, -0.15) is 0 Å². The van der Waals surface area contributed by atoms with Gasteiger partial charge in [0.2, 0.25) is 0 Å². The first-order valence-electron chi connectivity index (χ1n) is 5.06. The Bertz CT molecular complexity index is 322. The zero-order valence-corrected chi connectivity index (χ0v) is 8.88. The lowest BCUT2D eigenvalue weighted by Crippen LogP contribution is -2.10. The van der Waals surface area contributed by atoms with E-state index in [1.165, 1.54) is 6.42 Å². The van der Waals surface area contributed by atoms with Gasteiger partial charge in [-0.25, -0.2) is 0 Å². The van der Waals surface area contributed by atoms with Crippen molar-refractivity contribution < 1.29 is 0 Å². The molecule has 74 valence electrons. The van der Waals surface area contributed by atoms with E-state index in [1.54, 1.807) is 0 Å². The van der Waals surface area contributed by atoms with Crippen molar-refractivity contribution in [3.63, 3.8) is 0 Å². The predicted molar refractivity (Wildman–Crippen MR) is 62.3 cm³/mol. The molecular weight excluding hydrogens is 170 g/mol. The molecule has 1 N–H and O–H groups in total. The fourth-order valence-electron chi connectivity index (χ4n) is 1.16. The minimum absolute atomic E-state index is 0.699. The van der Waals surface area contributed by atoms with Gasteiger partial charge in [-0.3, -0.25) is 0 Å². The van der Waals surface area contributed by atoms with Crippen molar-refractivity contribution >= 4 is 5.69 Å². The number of terminal acetylenes is 1. The number of rotatable bonds is 4. The molecule has 1 nitrogen and oxygen atoms in total. The second-order valence-electron chi connectivity index (χ2n) is 3.62. The molecule has 0 bridgehead atoms. The summed E-state index contributed by atoms with van der Waals surface area (Å²) in [5.41, 5.74) is 2.04. The second-order valence-corrected chi connectivity index (χ2v) is 3.62. The van der Waals surface area contributed by atoms with Crippen molar-refractivity contribution in [1.29, 1.82) is 0 Å². The van der Waals surface area contributed by atoms with Crippen LogP contribution in [-0.2, 0) is 0 Å². The van der Waals surface area contributed by atoms with Gasteiger partial charge in [0, 0.05) is 17.8 Å².